The van der Waals surface area contributed by atoms with E-state index in [9.17, 15) is 0 Å². The zero-order valence-electron chi connectivity index (χ0n) is 15.9. The summed E-state index contributed by atoms with van der Waals surface area (Å²) < 4.78 is 10.8. The zero-order valence-corrected chi connectivity index (χ0v) is 15.9. The third-order valence-electron chi connectivity index (χ3n) is 4.63. The van der Waals surface area contributed by atoms with Crippen LogP contribution in [-0.2, 0) is 13.0 Å². The van der Waals surface area contributed by atoms with Crippen molar-refractivity contribution >= 4 is 16.7 Å². The van der Waals surface area contributed by atoms with Crippen molar-refractivity contribution in [3.05, 3.63) is 66.0 Å². The first-order valence-corrected chi connectivity index (χ1v) is 9.57. The molecule has 1 aliphatic heterocycles. The zero-order chi connectivity index (χ0) is 19.2. The molecule has 1 aromatic heterocycles. The van der Waals surface area contributed by atoms with Gasteiger partial charge in [0.1, 0.15) is 0 Å². The standard InChI is InChI=1S/C22H24N4O2/c1-2-23-22(25-11-9-16-7-8-20-21(13-16)28-15-27-20)26-14-19-18-6-4-3-5-17(18)10-12-24-19/h3-8,10,12-13H,2,9,11,14-15H2,1H3,(H2,23,25,26). The Labute approximate surface area is 164 Å². The van der Waals surface area contributed by atoms with Crippen LogP contribution in [0, 0.1) is 0 Å². The van der Waals surface area contributed by atoms with E-state index in [4.69, 9.17) is 14.5 Å². The lowest BCUT2D eigenvalue weighted by Crippen LogP contribution is -2.38. The second-order valence-electron chi connectivity index (χ2n) is 6.54. The molecule has 6 nitrogen and oxygen atoms in total. The van der Waals surface area contributed by atoms with Gasteiger partial charge >= 0.3 is 0 Å². The van der Waals surface area contributed by atoms with Crippen LogP contribution >= 0.6 is 0 Å². The molecule has 0 radical (unpaired) electrons. The molecule has 0 saturated carbocycles. The first-order chi connectivity index (χ1) is 13.8. The molecule has 2 aromatic carbocycles. The molecular formula is C22H24N4O2. The van der Waals surface area contributed by atoms with Gasteiger partial charge in [-0.05, 0) is 42.5 Å². The van der Waals surface area contributed by atoms with Gasteiger partial charge in [0.2, 0.25) is 6.79 Å². The molecule has 0 atom stereocenters. The molecule has 0 spiro atoms. The Morgan fingerprint density at radius 1 is 1.07 bits per heavy atom. The topological polar surface area (TPSA) is 67.8 Å². The highest BCUT2D eigenvalue weighted by Gasteiger charge is 2.13. The summed E-state index contributed by atoms with van der Waals surface area (Å²) in [6.45, 7) is 4.47. The van der Waals surface area contributed by atoms with E-state index in [-0.39, 0.29) is 0 Å². The molecule has 0 saturated heterocycles. The minimum absolute atomic E-state index is 0.302. The Morgan fingerprint density at radius 3 is 2.89 bits per heavy atom. The van der Waals surface area contributed by atoms with Crippen LogP contribution in [-0.4, -0.2) is 30.8 Å². The van der Waals surface area contributed by atoms with E-state index >= 15 is 0 Å². The molecule has 3 aromatic rings. The van der Waals surface area contributed by atoms with Gasteiger partial charge in [0.15, 0.2) is 17.5 Å². The van der Waals surface area contributed by atoms with Crippen molar-refractivity contribution in [2.75, 3.05) is 19.9 Å². The van der Waals surface area contributed by atoms with E-state index in [1.54, 1.807) is 0 Å². The molecule has 2 N–H and O–H groups in total. The number of nitrogens with one attached hydrogen (secondary N) is 2. The number of aliphatic imine (C=N–C) groups is 1. The number of hydrogen-bond acceptors (Lipinski definition) is 4. The Kier molecular flexibility index (Phi) is 5.56. The molecule has 4 rings (SSSR count). The number of hydrogen-bond donors (Lipinski definition) is 2. The lowest BCUT2D eigenvalue weighted by atomic mass is 10.1. The molecule has 0 unspecified atom stereocenters. The number of ether oxygens (including phenoxy) is 2. The van der Waals surface area contributed by atoms with Crippen LogP contribution in [0.4, 0.5) is 0 Å². The molecule has 1 aliphatic rings. The fourth-order valence-corrected chi connectivity index (χ4v) is 3.23. The van der Waals surface area contributed by atoms with Gasteiger partial charge in [-0.3, -0.25) is 4.98 Å². The van der Waals surface area contributed by atoms with Gasteiger partial charge in [-0.15, -0.1) is 0 Å². The fourth-order valence-electron chi connectivity index (χ4n) is 3.23. The second-order valence-corrected chi connectivity index (χ2v) is 6.54. The van der Waals surface area contributed by atoms with Crippen LogP contribution < -0.4 is 20.1 Å². The van der Waals surface area contributed by atoms with Gasteiger partial charge in [0, 0.05) is 24.7 Å². The minimum Gasteiger partial charge on any atom is -0.454 e. The second kappa shape index (κ2) is 8.61. The van der Waals surface area contributed by atoms with Gasteiger partial charge in [-0.2, -0.15) is 0 Å². The fraction of sp³-hybridized carbons (Fsp3) is 0.273. The van der Waals surface area contributed by atoms with E-state index < -0.39 is 0 Å². The number of benzene rings is 2. The number of rotatable bonds is 6. The highest BCUT2D eigenvalue weighted by Crippen LogP contribution is 2.32. The number of fused-ring (bicyclic) bond motifs is 2. The summed E-state index contributed by atoms with van der Waals surface area (Å²) in [7, 11) is 0. The number of aromatic nitrogens is 1. The molecule has 6 heteroatoms. The highest BCUT2D eigenvalue weighted by atomic mass is 16.7. The van der Waals surface area contributed by atoms with E-state index in [0.29, 0.717) is 13.3 Å². The van der Waals surface area contributed by atoms with Crippen LogP contribution in [0.5, 0.6) is 11.5 Å². The Balaban J connectivity index is 1.39. The van der Waals surface area contributed by atoms with E-state index in [1.807, 2.05) is 36.5 Å². The van der Waals surface area contributed by atoms with Gasteiger partial charge in [0.25, 0.3) is 0 Å². The smallest absolute Gasteiger partial charge is 0.231 e. The normalized spacial score (nSPS) is 13.0. The molecule has 144 valence electrons. The molecule has 28 heavy (non-hydrogen) atoms. The maximum atomic E-state index is 5.44. The summed E-state index contributed by atoms with van der Waals surface area (Å²) in [6.07, 6.45) is 2.71. The monoisotopic (exact) mass is 376 g/mol. The first kappa shape index (κ1) is 18.1. The average Bonchev–Trinajstić information content (AvgIpc) is 3.20. The van der Waals surface area contributed by atoms with Crippen LogP contribution in [0.3, 0.4) is 0 Å². The van der Waals surface area contributed by atoms with Crippen molar-refractivity contribution in [2.45, 2.75) is 19.9 Å². The van der Waals surface area contributed by atoms with Crippen LogP contribution in [0.25, 0.3) is 10.8 Å². The van der Waals surface area contributed by atoms with Crippen LogP contribution in [0.2, 0.25) is 0 Å². The molecule has 0 fully saturated rings. The van der Waals surface area contributed by atoms with E-state index in [1.165, 1.54) is 10.9 Å². The summed E-state index contributed by atoms with van der Waals surface area (Å²) in [5.74, 6) is 2.42. The number of guanidine groups is 1. The SMILES string of the molecule is CCNC(=NCc1nccc2ccccc12)NCCc1ccc2c(c1)OCO2. The minimum atomic E-state index is 0.302. The Hall–Kier alpha value is -3.28. The maximum absolute atomic E-state index is 5.44. The summed E-state index contributed by atoms with van der Waals surface area (Å²) in [6, 6.07) is 16.4. The first-order valence-electron chi connectivity index (χ1n) is 9.57. The quantitative estimate of drug-likeness (QED) is 0.511. The highest BCUT2D eigenvalue weighted by molar-refractivity contribution is 5.85. The summed E-state index contributed by atoms with van der Waals surface area (Å²) in [5.41, 5.74) is 2.18. The van der Waals surface area contributed by atoms with E-state index in [2.05, 4.69) is 40.7 Å². The number of pyridine rings is 1. The Morgan fingerprint density at radius 2 is 1.96 bits per heavy atom. The summed E-state index contributed by atoms with van der Waals surface area (Å²) in [5, 5.41) is 9.02. The van der Waals surface area contributed by atoms with Crippen molar-refractivity contribution in [3.63, 3.8) is 0 Å². The van der Waals surface area contributed by atoms with Crippen molar-refractivity contribution in [3.8, 4) is 11.5 Å². The lowest BCUT2D eigenvalue weighted by molar-refractivity contribution is 0.174. The molecule has 0 aliphatic carbocycles. The van der Waals surface area contributed by atoms with Gasteiger partial charge in [-0.1, -0.05) is 30.3 Å². The molecular weight excluding hydrogens is 352 g/mol. The Bertz CT molecular complexity index is 982. The van der Waals surface area contributed by atoms with Crippen LogP contribution in [0.1, 0.15) is 18.2 Å². The summed E-state index contributed by atoms with van der Waals surface area (Å²) in [4.78, 5) is 9.22. The van der Waals surface area contributed by atoms with Crippen molar-refractivity contribution in [2.24, 2.45) is 4.99 Å². The van der Waals surface area contributed by atoms with E-state index in [0.717, 1.165) is 48.0 Å². The van der Waals surface area contributed by atoms with Gasteiger partial charge in [-0.25, -0.2) is 4.99 Å². The third-order valence-corrected chi connectivity index (χ3v) is 4.63. The van der Waals surface area contributed by atoms with Crippen molar-refractivity contribution in [1.82, 2.24) is 15.6 Å². The lowest BCUT2D eigenvalue weighted by Gasteiger charge is -2.12. The van der Waals surface area contributed by atoms with Gasteiger partial charge < -0.3 is 20.1 Å². The average molecular weight is 376 g/mol. The number of nitrogens with zero attached hydrogens (tertiary/aromatic N) is 2. The predicted octanol–water partition coefficient (Wildman–Crippen LogP) is 3.26. The maximum Gasteiger partial charge on any atom is 0.231 e. The largest absolute Gasteiger partial charge is 0.454 e. The van der Waals surface area contributed by atoms with Crippen molar-refractivity contribution in [1.29, 1.82) is 0 Å². The van der Waals surface area contributed by atoms with Crippen LogP contribution in [0.15, 0.2) is 59.7 Å². The third kappa shape index (κ3) is 4.17. The van der Waals surface area contributed by atoms with Crippen molar-refractivity contribution < 1.29 is 9.47 Å². The molecule has 2 heterocycles. The predicted molar refractivity (Wildman–Crippen MR) is 111 cm³/mol. The molecule has 0 amide bonds. The summed E-state index contributed by atoms with van der Waals surface area (Å²) >= 11 is 0. The molecule has 0 bridgehead atoms. The van der Waals surface area contributed by atoms with Gasteiger partial charge in [0.05, 0.1) is 12.2 Å².